The molecule has 0 fully saturated rings. The second-order valence-corrected chi connectivity index (χ2v) is 4.60. The molecule has 0 unspecified atom stereocenters. The van der Waals surface area contributed by atoms with Gasteiger partial charge in [-0.2, -0.15) is 5.26 Å². The van der Waals surface area contributed by atoms with Gasteiger partial charge in [0.05, 0.1) is 16.7 Å². The van der Waals surface area contributed by atoms with Gasteiger partial charge >= 0.3 is 0 Å². The molecule has 0 aliphatic rings. The smallest absolute Gasteiger partial charge is 0.258 e. The summed E-state index contributed by atoms with van der Waals surface area (Å²) in [5.41, 5.74) is 1.45. The molecule has 0 aromatic heterocycles. The molecule has 2 aromatic carbocycles. The Bertz CT molecular complexity index is 707. The van der Waals surface area contributed by atoms with Gasteiger partial charge in [0.15, 0.2) is 0 Å². The van der Waals surface area contributed by atoms with Crippen molar-refractivity contribution in [2.75, 3.05) is 11.9 Å². The summed E-state index contributed by atoms with van der Waals surface area (Å²) >= 11 is 5.79. The topological polar surface area (TPSA) is 64.3 Å². The van der Waals surface area contributed by atoms with E-state index < -0.39 is 0 Å². The van der Waals surface area contributed by atoms with Crippen molar-refractivity contribution in [1.29, 1.82) is 5.26 Å². The first-order chi connectivity index (χ1) is 9.52. The number of hydrogen-bond donors (Lipinski definition) is 1. The minimum atomic E-state index is -0.276. The van der Waals surface area contributed by atoms with Crippen LogP contribution < -0.4 is 4.90 Å². The van der Waals surface area contributed by atoms with Gasteiger partial charge in [0.1, 0.15) is 5.75 Å². The van der Waals surface area contributed by atoms with Crippen molar-refractivity contribution in [1.82, 2.24) is 0 Å². The number of anilines is 1. The van der Waals surface area contributed by atoms with Gasteiger partial charge in [-0.25, -0.2) is 0 Å². The number of benzene rings is 2. The second-order valence-electron chi connectivity index (χ2n) is 4.19. The Balaban J connectivity index is 2.32. The zero-order valence-electron chi connectivity index (χ0n) is 10.7. The van der Waals surface area contributed by atoms with Crippen molar-refractivity contribution in [2.45, 2.75) is 0 Å². The molecule has 2 rings (SSSR count). The van der Waals surface area contributed by atoms with Gasteiger partial charge < -0.3 is 10.0 Å². The third-order valence-electron chi connectivity index (χ3n) is 2.86. The predicted molar refractivity (Wildman–Crippen MR) is 77.0 cm³/mol. The van der Waals surface area contributed by atoms with Crippen molar-refractivity contribution in [3.63, 3.8) is 0 Å². The van der Waals surface area contributed by atoms with Crippen molar-refractivity contribution in [2.24, 2.45) is 0 Å². The Kier molecular flexibility index (Phi) is 3.92. The molecule has 0 atom stereocenters. The summed E-state index contributed by atoms with van der Waals surface area (Å²) < 4.78 is 0. The van der Waals surface area contributed by atoms with Gasteiger partial charge in [0.2, 0.25) is 0 Å². The fraction of sp³-hybridized carbons (Fsp3) is 0.0667. The number of nitrogens with zero attached hydrogens (tertiary/aromatic N) is 2. The summed E-state index contributed by atoms with van der Waals surface area (Å²) in [5, 5.41) is 18.3. The van der Waals surface area contributed by atoms with Crippen LogP contribution in [-0.2, 0) is 0 Å². The first-order valence-corrected chi connectivity index (χ1v) is 6.17. The van der Waals surface area contributed by atoms with E-state index in [1.807, 2.05) is 6.07 Å². The van der Waals surface area contributed by atoms with Crippen LogP contribution in [0.2, 0.25) is 5.02 Å². The third-order valence-corrected chi connectivity index (χ3v) is 3.16. The van der Waals surface area contributed by atoms with E-state index in [-0.39, 0.29) is 16.7 Å². The maximum absolute atomic E-state index is 12.3. The minimum Gasteiger partial charge on any atom is -0.506 e. The number of phenolic OH excluding ortho intramolecular Hbond substituents is 1. The van der Waals surface area contributed by atoms with E-state index in [9.17, 15) is 9.90 Å². The highest BCUT2D eigenvalue weighted by Crippen LogP contribution is 2.25. The Morgan fingerprint density at radius 1 is 1.30 bits per heavy atom. The van der Waals surface area contributed by atoms with Gasteiger partial charge in [-0.05, 0) is 36.4 Å². The number of rotatable bonds is 2. The second kappa shape index (κ2) is 5.64. The van der Waals surface area contributed by atoms with Crippen molar-refractivity contribution >= 4 is 23.2 Å². The lowest BCUT2D eigenvalue weighted by molar-refractivity contribution is 0.0993. The Morgan fingerprint density at radius 3 is 2.70 bits per heavy atom. The summed E-state index contributed by atoms with van der Waals surface area (Å²) in [7, 11) is 1.61. The van der Waals surface area contributed by atoms with Gasteiger partial charge in [0.25, 0.3) is 5.91 Å². The summed E-state index contributed by atoms with van der Waals surface area (Å²) in [6.07, 6.45) is 0. The quantitative estimate of drug-likeness (QED) is 0.922. The highest BCUT2D eigenvalue weighted by Gasteiger charge is 2.15. The largest absolute Gasteiger partial charge is 0.506 e. The monoisotopic (exact) mass is 286 g/mol. The Labute approximate surface area is 121 Å². The summed E-state index contributed by atoms with van der Waals surface area (Å²) in [4.78, 5) is 13.7. The number of nitriles is 1. The van der Waals surface area contributed by atoms with Gasteiger partial charge in [-0.15, -0.1) is 0 Å². The Hall–Kier alpha value is -2.51. The van der Waals surface area contributed by atoms with Crippen LogP contribution in [0.4, 0.5) is 5.69 Å². The highest BCUT2D eigenvalue weighted by atomic mass is 35.5. The van der Waals surface area contributed by atoms with E-state index in [2.05, 4.69) is 0 Å². The molecule has 0 saturated heterocycles. The van der Waals surface area contributed by atoms with Gasteiger partial charge in [-0.1, -0.05) is 17.7 Å². The number of halogens is 1. The minimum absolute atomic E-state index is 0.0719. The zero-order chi connectivity index (χ0) is 14.7. The predicted octanol–water partition coefficient (Wildman–Crippen LogP) is 3.19. The van der Waals surface area contributed by atoms with Crippen LogP contribution in [0.5, 0.6) is 5.75 Å². The highest BCUT2D eigenvalue weighted by molar-refractivity contribution is 6.32. The average Bonchev–Trinajstić information content (AvgIpc) is 2.48. The summed E-state index contributed by atoms with van der Waals surface area (Å²) in [6, 6.07) is 13.0. The molecule has 1 N–H and O–H groups in total. The number of hydrogen-bond acceptors (Lipinski definition) is 3. The number of aromatic hydroxyl groups is 1. The number of phenols is 1. The van der Waals surface area contributed by atoms with E-state index in [0.717, 1.165) is 0 Å². The maximum Gasteiger partial charge on any atom is 0.258 e. The normalized spacial score (nSPS) is 9.85. The maximum atomic E-state index is 12.3. The van der Waals surface area contributed by atoms with E-state index in [4.69, 9.17) is 16.9 Å². The molecule has 0 radical (unpaired) electrons. The fourth-order valence-corrected chi connectivity index (χ4v) is 1.92. The summed E-state index contributed by atoms with van der Waals surface area (Å²) in [6.45, 7) is 0. The van der Waals surface area contributed by atoms with Crippen LogP contribution in [0, 0.1) is 11.3 Å². The van der Waals surface area contributed by atoms with Crippen LogP contribution in [0.25, 0.3) is 0 Å². The van der Waals surface area contributed by atoms with Crippen LogP contribution in [0.15, 0.2) is 42.5 Å². The molecule has 0 aliphatic carbocycles. The molecular weight excluding hydrogens is 276 g/mol. The molecule has 0 aliphatic heterocycles. The summed E-state index contributed by atoms with van der Waals surface area (Å²) in [5.74, 6) is -0.348. The molecule has 4 nitrogen and oxygen atoms in total. The van der Waals surface area contributed by atoms with E-state index in [1.165, 1.54) is 23.1 Å². The number of carbonyl (C=O) groups excluding carboxylic acids is 1. The molecule has 20 heavy (non-hydrogen) atoms. The molecular formula is C15H11ClN2O2. The molecule has 0 saturated carbocycles. The molecule has 5 heteroatoms. The van der Waals surface area contributed by atoms with Crippen LogP contribution >= 0.6 is 11.6 Å². The molecule has 100 valence electrons. The van der Waals surface area contributed by atoms with Gasteiger partial charge in [0, 0.05) is 18.3 Å². The molecule has 0 spiro atoms. The van der Waals surface area contributed by atoms with Gasteiger partial charge in [-0.3, -0.25) is 4.79 Å². The first kappa shape index (κ1) is 13.9. The van der Waals surface area contributed by atoms with Crippen LogP contribution in [0.3, 0.4) is 0 Å². The van der Waals surface area contributed by atoms with Crippen molar-refractivity contribution in [3.05, 3.63) is 58.6 Å². The molecule has 1 amide bonds. The lowest BCUT2D eigenvalue weighted by Crippen LogP contribution is -2.26. The fourth-order valence-electron chi connectivity index (χ4n) is 1.73. The van der Waals surface area contributed by atoms with Crippen LogP contribution in [0.1, 0.15) is 15.9 Å². The van der Waals surface area contributed by atoms with E-state index >= 15 is 0 Å². The third kappa shape index (κ3) is 2.73. The molecule has 0 bridgehead atoms. The molecule has 2 aromatic rings. The molecule has 0 heterocycles. The lowest BCUT2D eigenvalue weighted by Gasteiger charge is -2.17. The van der Waals surface area contributed by atoms with Crippen LogP contribution in [-0.4, -0.2) is 18.1 Å². The average molecular weight is 287 g/mol. The van der Waals surface area contributed by atoms with E-state index in [1.54, 1.807) is 31.3 Å². The van der Waals surface area contributed by atoms with Crippen molar-refractivity contribution < 1.29 is 9.90 Å². The number of amides is 1. The van der Waals surface area contributed by atoms with Crippen molar-refractivity contribution in [3.8, 4) is 11.8 Å². The number of carbonyl (C=O) groups is 1. The van der Waals surface area contributed by atoms with E-state index in [0.29, 0.717) is 16.8 Å². The Morgan fingerprint density at radius 2 is 2.05 bits per heavy atom. The first-order valence-electron chi connectivity index (χ1n) is 5.79. The SMILES string of the molecule is CN(C(=O)c1ccc(O)c(Cl)c1)c1cccc(C#N)c1. The zero-order valence-corrected chi connectivity index (χ0v) is 11.4. The lowest BCUT2D eigenvalue weighted by atomic mass is 10.1. The standard InChI is InChI=1S/C15H11ClN2O2/c1-18(12-4-2-3-10(7-12)9-17)15(20)11-5-6-14(19)13(16)8-11/h2-8,19H,1H3.